The summed E-state index contributed by atoms with van der Waals surface area (Å²) in [5.41, 5.74) is 1.35. The molecule has 0 heterocycles. The number of thiocarbonyl (C=S) groups is 1. The maximum Gasteiger partial charge on any atom is 0.261 e. The Morgan fingerprint density at radius 3 is 2.56 bits per heavy atom. The van der Waals surface area contributed by atoms with Crippen molar-refractivity contribution in [2.45, 2.75) is 40.0 Å². The van der Waals surface area contributed by atoms with Gasteiger partial charge in [0.25, 0.3) is 11.8 Å². The zero-order valence-electron chi connectivity index (χ0n) is 18.7. The van der Waals surface area contributed by atoms with Crippen molar-refractivity contribution in [3.63, 3.8) is 0 Å². The lowest BCUT2D eigenvalue weighted by Gasteiger charge is -2.15. The molecular weight excluding hydrogens is 490 g/mol. The molecule has 2 amide bonds. The zero-order chi connectivity index (χ0) is 23.5. The summed E-state index contributed by atoms with van der Waals surface area (Å²) in [7, 11) is 0. The van der Waals surface area contributed by atoms with E-state index in [1.54, 1.807) is 36.4 Å². The molecule has 0 bridgehead atoms. The van der Waals surface area contributed by atoms with Gasteiger partial charge in [-0.25, -0.2) is 0 Å². The van der Waals surface area contributed by atoms with E-state index >= 15 is 0 Å². The number of ether oxygens (including phenoxy) is 1. The van der Waals surface area contributed by atoms with Crippen LogP contribution < -0.4 is 20.7 Å². The van der Waals surface area contributed by atoms with E-state index in [1.807, 2.05) is 6.07 Å². The van der Waals surface area contributed by atoms with Gasteiger partial charge in [-0.3, -0.25) is 14.9 Å². The third-order valence-corrected chi connectivity index (χ3v) is 5.30. The van der Waals surface area contributed by atoms with E-state index in [0.717, 1.165) is 23.7 Å². The van der Waals surface area contributed by atoms with Gasteiger partial charge in [0, 0.05) is 11.0 Å². The lowest BCUT2D eigenvalue weighted by molar-refractivity contribution is 0.0951. The summed E-state index contributed by atoms with van der Waals surface area (Å²) >= 11 is 8.73. The van der Waals surface area contributed by atoms with Gasteiger partial charge >= 0.3 is 0 Å². The second-order valence-electron chi connectivity index (χ2n) is 7.73. The van der Waals surface area contributed by atoms with Crippen LogP contribution in [0.2, 0.25) is 0 Å². The number of hydrogen-bond acceptors (Lipinski definition) is 4. The average Bonchev–Trinajstić information content (AvgIpc) is 2.74. The maximum atomic E-state index is 12.9. The normalized spacial score (nSPS) is 10.5. The fourth-order valence-corrected chi connectivity index (χ4v) is 3.36. The first kappa shape index (κ1) is 25.8. The number of para-hydroxylation sites is 1. The number of rotatable bonds is 10. The van der Waals surface area contributed by atoms with Crippen LogP contribution in [-0.2, 0) is 0 Å². The minimum Gasteiger partial charge on any atom is -0.493 e. The summed E-state index contributed by atoms with van der Waals surface area (Å²) in [6.45, 7) is 7.42. The van der Waals surface area contributed by atoms with Crippen molar-refractivity contribution in [3.8, 4) is 5.75 Å². The summed E-state index contributed by atoms with van der Waals surface area (Å²) < 4.78 is 6.58. The third kappa shape index (κ3) is 8.24. The average molecular weight is 520 g/mol. The van der Waals surface area contributed by atoms with Crippen LogP contribution in [0.5, 0.6) is 5.75 Å². The lowest BCUT2D eigenvalue weighted by atomic mass is 10.1. The largest absolute Gasteiger partial charge is 0.493 e. The highest BCUT2D eigenvalue weighted by molar-refractivity contribution is 9.10. The number of benzene rings is 2. The Hall–Kier alpha value is -2.45. The molecule has 0 spiro atoms. The van der Waals surface area contributed by atoms with Crippen LogP contribution in [0, 0.1) is 5.92 Å². The van der Waals surface area contributed by atoms with Crippen molar-refractivity contribution in [1.29, 1.82) is 0 Å². The number of anilines is 1. The number of unbranched alkanes of at least 4 members (excludes halogenated alkanes) is 1. The monoisotopic (exact) mass is 519 g/mol. The van der Waals surface area contributed by atoms with Crippen LogP contribution >= 0.6 is 28.1 Å². The summed E-state index contributed by atoms with van der Waals surface area (Å²) in [5, 5.41) is 8.62. The fraction of sp³-hybridized carbons (Fsp3) is 0.375. The molecule has 0 aliphatic carbocycles. The highest BCUT2D eigenvalue weighted by Crippen LogP contribution is 2.24. The molecule has 172 valence electrons. The number of halogens is 1. The number of carbonyl (C=O) groups is 2. The van der Waals surface area contributed by atoms with Crippen molar-refractivity contribution in [1.82, 2.24) is 10.6 Å². The molecule has 0 atom stereocenters. The van der Waals surface area contributed by atoms with Crippen LogP contribution in [-0.4, -0.2) is 30.1 Å². The van der Waals surface area contributed by atoms with Gasteiger partial charge in [0.05, 0.1) is 23.4 Å². The topological polar surface area (TPSA) is 79.5 Å². The van der Waals surface area contributed by atoms with Gasteiger partial charge in [0.15, 0.2) is 5.11 Å². The number of nitrogens with one attached hydrogen (secondary N) is 3. The second-order valence-corrected chi connectivity index (χ2v) is 9.06. The Bertz CT molecular complexity index is 950. The van der Waals surface area contributed by atoms with E-state index in [1.165, 1.54) is 0 Å². The summed E-state index contributed by atoms with van der Waals surface area (Å²) in [6, 6.07) is 12.3. The van der Waals surface area contributed by atoms with Crippen LogP contribution in [0.3, 0.4) is 0 Å². The molecule has 0 saturated heterocycles. The van der Waals surface area contributed by atoms with E-state index in [2.05, 4.69) is 52.7 Å². The van der Waals surface area contributed by atoms with E-state index in [9.17, 15) is 9.59 Å². The zero-order valence-corrected chi connectivity index (χ0v) is 21.1. The maximum absolute atomic E-state index is 12.9. The van der Waals surface area contributed by atoms with Gasteiger partial charge < -0.3 is 15.4 Å². The van der Waals surface area contributed by atoms with Crippen molar-refractivity contribution >= 4 is 50.8 Å². The van der Waals surface area contributed by atoms with Gasteiger partial charge in [0.2, 0.25) is 0 Å². The first-order valence-electron chi connectivity index (χ1n) is 10.7. The molecule has 0 aromatic heterocycles. The minimum absolute atomic E-state index is 0.0944. The van der Waals surface area contributed by atoms with Gasteiger partial charge in [-0.15, -0.1) is 0 Å². The molecular formula is C24H30BrN3O3S. The van der Waals surface area contributed by atoms with Crippen LogP contribution in [0.1, 0.15) is 60.7 Å². The van der Waals surface area contributed by atoms with E-state index in [-0.39, 0.29) is 11.0 Å². The summed E-state index contributed by atoms with van der Waals surface area (Å²) in [4.78, 5) is 25.4. The van der Waals surface area contributed by atoms with Gasteiger partial charge in [0.1, 0.15) is 5.75 Å². The molecule has 0 fully saturated rings. The predicted molar refractivity (Wildman–Crippen MR) is 136 cm³/mol. The van der Waals surface area contributed by atoms with E-state index in [0.29, 0.717) is 41.6 Å². The molecule has 0 unspecified atom stereocenters. The summed E-state index contributed by atoms with van der Waals surface area (Å²) in [6.07, 6.45) is 2.78. The molecule has 8 heteroatoms. The standard InChI is InChI=1S/C24H30BrN3O3S/c1-4-5-13-26-22(29)18-8-6-7-9-20(18)27-24(32)28-23(30)19-15-17(25)10-11-21(19)31-14-12-16(2)3/h6-11,15-16H,4-5,12-14H2,1-3H3,(H,26,29)(H2,27,28,30,32). The van der Waals surface area contributed by atoms with Crippen molar-refractivity contribution < 1.29 is 14.3 Å². The van der Waals surface area contributed by atoms with E-state index in [4.69, 9.17) is 17.0 Å². The second kappa shape index (κ2) is 13.2. The minimum atomic E-state index is -0.395. The molecule has 0 saturated carbocycles. The molecule has 2 rings (SSSR count). The smallest absolute Gasteiger partial charge is 0.261 e. The molecule has 32 heavy (non-hydrogen) atoms. The Kier molecular flexibility index (Phi) is 10.6. The molecule has 0 radical (unpaired) electrons. The molecule has 6 nitrogen and oxygen atoms in total. The van der Waals surface area contributed by atoms with Crippen molar-refractivity contribution in [2.75, 3.05) is 18.5 Å². The number of amides is 2. The molecule has 3 N–H and O–H groups in total. The molecule has 0 aliphatic heterocycles. The number of carbonyl (C=O) groups excluding carboxylic acids is 2. The highest BCUT2D eigenvalue weighted by Gasteiger charge is 2.17. The van der Waals surface area contributed by atoms with Crippen LogP contribution in [0.4, 0.5) is 5.69 Å². The van der Waals surface area contributed by atoms with Gasteiger partial charge in [-0.05, 0) is 61.3 Å². The summed E-state index contributed by atoms with van der Waals surface area (Å²) in [5.74, 6) is 0.403. The van der Waals surface area contributed by atoms with Crippen LogP contribution in [0.25, 0.3) is 0 Å². The third-order valence-electron chi connectivity index (χ3n) is 4.60. The molecule has 2 aromatic carbocycles. The van der Waals surface area contributed by atoms with Gasteiger partial charge in [-0.1, -0.05) is 55.3 Å². The van der Waals surface area contributed by atoms with Crippen molar-refractivity contribution in [2.24, 2.45) is 5.92 Å². The van der Waals surface area contributed by atoms with Gasteiger partial charge in [-0.2, -0.15) is 0 Å². The first-order chi connectivity index (χ1) is 15.3. The Balaban J connectivity index is 2.07. The highest BCUT2D eigenvalue weighted by atomic mass is 79.9. The van der Waals surface area contributed by atoms with E-state index < -0.39 is 5.91 Å². The fourth-order valence-electron chi connectivity index (χ4n) is 2.80. The quantitative estimate of drug-likeness (QED) is 0.284. The SMILES string of the molecule is CCCCNC(=O)c1ccccc1NC(=S)NC(=O)c1cc(Br)ccc1OCCC(C)C. The lowest BCUT2D eigenvalue weighted by Crippen LogP contribution is -2.35. The van der Waals surface area contributed by atoms with Crippen molar-refractivity contribution in [3.05, 3.63) is 58.1 Å². The first-order valence-corrected chi connectivity index (χ1v) is 11.9. The van der Waals surface area contributed by atoms with Crippen LogP contribution in [0.15, 0.2) is 46.9 Å². The molecule has 2 aromatic rings. The number of hydrogen-bond donors (Lipinski definition) is 3. The Morgan fingerprint density at radius 1 is 1.09 bits per heavy atom. The Labute approximate surface area is 203 Å². The predicted octanol–water partition coefficient (Wildman–Crippen LogP) is 5.53. The molecule has 0 aliphatic rings. The Morgan fingerprint density at radius 2 is 1.84 bits per heavy atom.